The van der Waals surface area contributed by atoms with Gasteiger partial charge in [0.05, 0.1) is 13.1 Å². The highest BCUT2D eigenvalue weighted by molar-refractivity contribution is 7.98. The molecule has 3 rings (SSSR count). The number of hydrogen-bond acceptors (Lipinski definition) is 5. The molecule has 0 spiro atoms. The molecular formula is C15H19ClN6S. The van der Waals surface area contributed by atoms with Crippen LogP contribution in [-0.2, 0) is 25.9 Å². The maximum absolute atomic E-state index is 5.79. The maximum atomic E-state index is 5.79. The fourth-order valence-electron chi connectivity index (χ4n) is 2.18. The van der Waals surface area contributed by atoms with Crippen LogP contribution in [0.4, 0.5) is 0 Å². The molecule has 0 radical (unpaired) electrons. The highest BCUT2D eigenvalue weighted by atomic mass is 35.5. The molecule has 1 aromatic carbocycles. The van der Waals surface area contributed by atoms with Crippen LogP contribution in [0.3, 0.4) is 0 Å². The quantitative estimate of drug-likeness (QED) is 0.690. The minimum absolute atomic E-state index is 0. The second-order valence-corrected chi connectivity index (χ2v) is 5.85. The second kappa shape index (κ2) is 8.14. The van der Waals surface area contributed by atoms with Crippen molar-refractivity contribution in [1.29, 1.82) is 0 Å². The molecule has 0 aliphatic carbocycles. The number of halogens is 1. The topological polar surface area (TPSA) is 74.6 Å². The van der Waals surface area contributed by atoms with E-state index in [2.05, 4.69) is 32.0 Å². The largest absolute Gasteiger partial charge is 0.324 e. The minimum atomic E-state index is 0. The molecule has 0 saturated carbocycles. The summed E-state index contributed by atoms with van der Waals surface area (Å²) in [6.45, 7) is 1.11. The zero-order valence-corrected chi connectivity index (χ0v) is 14.4. The van der Waals surface area contributed by atoms with Gasteiger partial charge in [-0.25, -0.2) is 0 Å². The lowest BCUT2D eigenvalue weighted by Crippen LogP contribution is -2.10. The average Bonchev–Trinajstić information content (AvgIpc) is 3.12. The molecule has 0 bridgehead atoms. The molecule has 0 atom stereocenters. The molecule has 0 saturated heterocycles. The SMILES string of the molecule is Cl.Cn1nccc1CSc1nnc(CN)n1Cc1ccccc1. The van der Waals surface area contributed by atoms with E-state index < -0.39 is 0 Å². The summed E-state index contributed by atoms with van der Waals surface area (Å²) in [6.07, 6.45) is 1.80. The van der Waals surface area contributed by atoms with Gasteiger partial charge < -0.3 is 10.3 Å². The van der Waals surface area contributed by atoms with E-state index in [-0.39, 0.29) is 12.4 Å². The van der Waals surface area contributed by atoms with Crippen molar-refractivity contribution in [2.24, 2.45) is 12.8 Å². The van der Waals surface area contributed by atoms with Gasteiger partial charge in [0.15, 0.2) is 5.16 Å². The molecule has 122 valence electrons. The number of benzene rings is 1. The number of nitrogens with zero attached hydrogens (tertiary/aromatic N) is 5. The van der Waals surface area contributed by atoms with Crippen LogP contribution in [0.1, 0.15) is 17.1 Å². The zero-order chi connectivity index (χ0) is 15.4. The third-order valence-corrected chi connectivity index (χ3v) is 4.43. The average molecular weight is 351 g/mol. The van der Waals surface area contributed by atoms with Gasteiger partial charge in [0.1, 0.15) is 5.82 Å². The number of nitrogens with two attached hydrogens (primary N) is 1. The van der Waals surface area contributed by atoms with Crippen LogP contribution in [-0.4, -0.2) is 24.5 Å². The van der Waals surface area contributed by atoms with Crippen molar-refractivity contribution in [3.8, 4) is 0 Å². The molecule has 2 heterocycles. The molecule has 0 aliphatic heterocycles. The summed E-state index contributed by atoms with van der Waals surface area (Å²) in [5.41, 5.74) is 8.14. The van der Waals surface area contributed by atoms with Crippen molar-refractivity contribution < 1.29 is 0 Å². The van der Waals surface area contributed by atoms with Crippen LogP contribution >= 0.6 is 24.2 Å². The third kappa shape index (κ3) is 4.13. The van der Waals surface area contributed by atoms with E-state index in [1.807, 2.05) is 36.0 Å². The van der Waals surface area contributed by atoms with Crippen LogP contribution < -0.4 is 5.73 Å². The van der Waals surface area contributed by atoms with Crippen LogP contribution in [0, 0.1) is 0 Å². The van der Waals surface area contributed by atoms with Gasteiger partial charge in [-0.05, 0) is 11.6 Å². The number of thioether (sulfide) groups is 1. The lowest BCUT2D eigenvalue weighted by molar-refractivity contribution is 0.666. The Balaban J connectivity index is 0.00000192. The number of hydrogen-bond donors (Lipinski definition) is 1. The van der Waals surface area contributed by atoms with E-state index in [9.17, 15) is 0 Å². The fraction of sp³-hybridized carbons (Fsp3) is 0.267. The van der Waals surface area contributed by atoms with E-state index in [1.54, 1.807) is 18.0 Å². The molecule has 8 heteroatoms. The molecule has 6 nitrogen and oxygen atoms in total. The molecule has 0 unspecified atom stereocenters. The Kier molecular flexibility index (Phi) is 6.20. The lowest BCUT2D eigenvalue weighted by atomic mass is 10.2. The highest BCUT2D eigenvalue weighted by Crippen LogP contribution is 2.22. The van der Waals surface area contributed by atoms with Gasteiger partial charge in [0, 0.05) is 24.7 Å². The van der Waals surface area contributed by atoms with E-state index in [0.717, 1.165) is 29.0 Å². The van der Waals surface area contributed by atoms with E-state index in [4.69, 9.17) is 5.73 Å². The molecule has 0 fully saturated rings. The fourth-order valence-corrected chi connectivity index (χ4v) is 3.17. The molecule has 23 heavy (non-hydrogen) atoms. The van der Waals surface area contributed by atoms with Crippen LogP contribution in [0.2, 0.25) is 0 Å². The van der Waals surface area contributed by atoms with Gasteiger partial charge in [-0.1, -0.05) is 42.1 Å². The van der Waals surface area contributed by atoms with Crippen molar-refractivity contribution in [3.63, 3.8) is 0 Å². The van der Waals surface area contributed by atoms with E-state index in [0.29, 0.717) is 6.54 Å². The third-order valence-electron chi connectivity index (χ3n) is 3.43. The van der Waals surface area contributed by atoms with Crippen molar-refractivity contribution >= 4 is 24.2 Å². The first-order valence-electron chi connectivity index (χ1n) is 7.03. The second-order valence-electron chi connectivity index (χ2n) is 4.91. The number of rotatable bonds is 6. The summed E-state index contributed by atoms with van der Waals surface area (Å²) in [4.78, 5) is 0. The smallest absolute Gasteiger partial charge is 0.191 e. The number of aryl methyl sites for hydroxylation is 1. The maximum Gasteiger partial charge on any atom is 0.191 e. The van der Waals surface area contributed by atoms with Crippen molar-refractivity contribution in [1.82, 2.24) is 24.5 Å². The first-order valence-corrected chi connectivity index (χ1v) is 8.02. The first kappa shape index (κ1) is 17.5. The predicted octanol–water partition coefficient (Wildman–Crippen LogP) is 2.23. The van der Waals surface area contributed by atoms with Gasteiger partial charge in [-0.2, -0.15) is 5.10 Å². The van der Waals surface area contributed by atoms with E-state index in [1.165, 1.54) is 5.56 Å². The summed E-state index contributed by atoms with van der Waals surface area (Å²) < 4.78 is 3.95. The Morgan fingerprint density at radius 3 is 2.57 bits per heavy atom. The minimum Gasteiger partial charge on any atom is -0.324 e. The monoisotopic (exact) mass is 350 g/mol. The summed E-state index contributed by atoms with van der Waals surface area (Å²) in [5, 5.41) is 13.5. The van der Waals surface area contributed by atoms with Crippen molar-refractivity contribution in [2.45, 2.75) is 24.0 Å². The Morgan fingerprint density at radius 1 is 1.13 bits per heavy atom. The summed E-state index contributed by atoms with van der Waals surface area (Å²) in [5.74, 6) is 1.60. The Labute approximate surface area is 145 Å². The normalized spacial score (nSPS) is 10.5. The van der Waals surface area contributed by atoms with Crippen LogP contribution in [0.25, 0.3) is 0 Å². The summed E-state index contributed by atoms with van der Waals surface area (Å²) >= 11 is 1.65. The lowest BCUT2D eigenvalue weighted by Gasteiger charge is -2.09. The molecule has 3 aromatic rings. The predicted molar refractivity (Wildman–Crippen MR) is 93.5 cm³/mol. The van der Waals surface area contributed by atoms with Crippen molar-refractivity contribution in [2.75, 3.05) is 0 Å². The highest BCUT2D eigenvalue weighted by Gasteiger charge is 2.12. The molecule has 2 aromatic heterocycles. The van der Waals surface area contributed by atoms with Gasteiger partial charge in [-0.3, -0.25) is 4.68 Å². The molecule has 0 aliphatic rings. The molecule has 2 N–H and O–H groups in total. The van der Waals surface area contributed by atoms with Gasteiger partial charge in [0.2, 0.25) is 0 Å². The summed E-state index contributed by atoms with van der Waals surface area (Å²) in [6, 6.07) is 12.3. The Bertz CT molecular complexity index is 740. The first-order chi connectivity index (χ1) is 10.8. The standard InChI is InChI=1S/C15H18N6S.ClH/c1-20-13(7-8-17-20)11-22-15-19-18-14(9-16)21(15)10-12-5-3-2-4-6-12;/h2-8H,9-11,16H2,1H3;1H. The van der Waals surface area contributed by atoms with Crippen LogP contribution in [0.5, 0.6) is 0 Å². The van der Waals surface area contributed by atoms with Gasteiger partial charge >= 0.3 is 0 Å². The van der Waals surface area contributed by atoms with Crippen LogP contribution in [0.15, 0.2) is 47.8 Å². The van der Waals surface area contributed by atoms with Crippen molar-refractivity contribution in [3.05, 3.63) is 59.7 Å². The Hall–Kier alpha value is -1.83. The molecule has 0 amide bonds. The molecular weight excluding hydrogens is 332 g/mol. The number of aromatic nitrogens is 5. The zero-order valence-electron chi connectivity index (χ0n) is 12.8. The van der Waals surface area contributed by atoms with E-state index >= 15 is 0 Å². The summed E-state index contributed by atoms with van der Waals surface area (Å²) in [7, 11) is 1.94. The van der Waals surface area contributed by atoms with Gasteiger partial charge in [0.25, 0.3) is 0 Å². The Morgan fingerprint density at radius 2 is 1.91 bits per heavy atom. The van der Waals surface area contributed by atoms with Gasteiger partial charge in [-0.15, -0.1) is 22.6 Å².